The van der Waals surface area contributed by atoms with Crippen LogP contribution in [0.25, 0.3) is 0 Å². The highest BCUT2D eigenvalue weighted by Crippen LogP contribution is 2.31. The molecule has 0 bridgehead atoms. The van der Waals surface area contributed by atoms with E-state index in [1.165, 1.54) is 23.1 Å². The molecule has 1 heterocycles. The predicted octanol–water partition coefficient (Wildman–Crippen LogP) is 3.88. The van der Waals surface area contributed by atoms with Crippen LogP contribution < -0.4 is 10.2 Å². The third-order valence-electron chi connectivity index (χ3n) is 4.44. The van der Waals surface area contributed by atoms with E-state index in [1.807, 2.05) is 0 Å². The Kier molecular flexibility index (Phi) is 6.14. The molecule has 1 aliphatic rings. The number of nitrogens with zero attached hydrogens (tertiary/aromatic N) is 1. The molecule has 4 nitrogen and oxygen atoms in total. The van der Waals surface area contributed by atoms with E-state index in [4.69, 9.17) is 11.6 Å². The maximum absolute atomic E-state index is 12.9. The van der Waals surface area contributed by atoms with Gasteiger partial charge in [0.25, 0.3) is 0 Å². The molecule has 3 rings (SSSR count). The largest absolute Gasteiger partial charge is 0.417 e. The van der Waals surface area contributed by atoms with Gasteiger partial charge in [-0.15, -0.1) is 0 Å². The molecule has 2 aromatic carbocycles. The molecule has 0 saturated carbocycles. The van der Waals surface area contributed by atoms with Crippen molar-refractivity contribution in [1.82, 2.24) is 5.32 Å². The Morgan fingerprint density at radius 1 is 1.17 bits per heavy atom. The lowest BCUT2D eigenvalue weighted by atomic mass is 10.1. The summed E-state index contributed by atoms with van der Waals surface area (Å²) in [6.07, 6.45) is -4.44. The fourth-order valence-electron chi connectivity index (χ4n) is 3.01. The number of amides is 2. The lowest BCUT2D eigenvalue weighted by Gasteiger charge is -2.16. The number of hydrogen-bond donors (Lipinski definition) is 1. The molecule has 1 aliphatic heterocycles. The van der Waals surface area contributed by atoms with Gasteiger partial charge in [0.05, 0.1) is 18.0 Å². The second-order valence-electron chi connectivity index (χ2n) is 6.44. The van der Waals surface area contributed by atoms with Crippen molar-refractivity contribution in [1.29, 1.82) is 0 Å². The van der Waals surface area contributed by atoms with Crippen molar-refractivity contribution in [2.75, 3.05) is 18.0 Å². The number of hydrogen-bond acceptors (Lipinski definition) is 2. The van der Waals surface area contributed by atoms with Gasteiger partial charge in [-0.2, -0.15) is 13.2 Å². The summed E-state index contributed by atoms with van der Waals surface area (Å²) >= 11 is 5.84. The molecule has 1 saturated heterocycles. The Bertz CT molecular complexity index is 978. The van der Waals surface area contributed by atoms with E-state index in [1.54, 1.807) is 24.3 Å². The molecule has 2 amide bonds. The molecule has 1 N–H and O–H groups in total. The molecule has 2 aromatic rings. The van der Waals surface area contributed by atoms with Gasteiger partial charge in [-0.1, -0.05) is 35.6 Å². The van der Waals surface area contributed by atoms with Crippen LogP contribution in [0, 0.1) is 17.8 Å². The van der Waals surface area contributed by atoms with Gasteiger partial charge in [0, 0.05) is 29.2 Å². The van der Waals surface area contributed by atoms with E-state index >= 15 is 0 Å². The van der Waals surface area contributed by atoms with E-state index in [0.29, 0.717) is 10.7 Å². The van der Waals surface area contributed by atoms with Crippen molar-refractivity contribution in [3.05, 3.63) is 64.7 Å². The van der Waals surface area contributed by atoms with Crippen molar-refractivity contribution >= 4 is 29.1 Å². The van der Waals surface area contributed by atoms with Gasteiger partial charge in [-0.05, 0) is 36.4 Å². The first-order valence-corrected chi connectivity index (χ1v) is 9.12. The fraction of sp³-hybridized carbons (Fsp3) is 0.238. The monoisotopic (exact) mass is 420 g/mol. The second-order valence-corrected chi connectivity index (χ2v) is 6.88. The lowest BCUT2D eigenvalue weighted by molar-refractivity contribution is -0.137. The van der Waals surface area contributed by atoms with Crippen molar-refractivity contribution in [3.63, 3.8) is 0 Å². The maximum Gasteiger partial charge on any atom is 0.417 e. The van der Waals surface area contributed by atoms with Crippen molar-refractivity contribution in [2.45, 2.75) is 12.6 Å². The average molecular weight is 421 g/mol. The fourth-order valence-corrected chi connectivity index (χ4v) is 3.13. The third kappa shape index (κ3) is 5.09. The van der Waals surface area contributed by atoms with Crippen LogP contribution in [-0.2, 0) is 15.8 Å². The molecular formula is C21H16ClF3N2O2. The molecule has 1 fully saturated rings. The minimum atomic E-state index is -4.50. The average Bonchev–Trinajstić information content (AvgIpc) is 3.07. The molecule has 150 valence electrons. The number of carbonyl (C=O) groups excluding carboxylic acids is 2. The van der Waals surface area contributed by atoms with Gasteiger partial charge < -0.3 is 10.2 Å². The first-order chi connectivity index (χ1) is 13.8. The number of benzene rings is 2. The van der Waals surface area contributed by atoms with Crippen LogP contribution in [0.15, 0.2) is 48.5 Å². The van der Waals surface area contributed by atoms with Gasteiger partial charge in [0.15, 0.2) is 0 Å². The summed E-state index contributed by atoms with van der Waals surface area (Å²) in [7, 11) is 0. The van der Waals surface area contributed by atoms with Crippen molar-refractivity contribution in [2.24, 2.45) is 5.92 Å². The smallest absolute Gasteiger partial charge is 0.345 e. The van der Waals surface area contributed by atoms with Crippen LogP contribution in [0.3, 0.4) is 0 Å². The SMILES string of the molecule is O=C(NCC#Cc1ccccc1C(F)(F)F)C1CC(=O)N(c2ccc(Cl)cc2)C1. The van der Waals surface area contributed by atoms with Crippen LogP contribution in [0.5, 0.6) is 0 Å². The summed E-state index contributed by atoms with van der Waals surface area (Å²) in [5, 5.41) is 3.10. The van der Waals surface area contributed by atoms with Gasteiger partial charge in [-0.3, -0.25) is 9.59 Å². The Morgan fingerprint density at radius 3 is 2.55 bits per heavy atom. The number of alkyl halides is 3. The minimum absolute atomic E-state index is 0.0544. The predicted molar refractivity (Wildman–Crippen MR) is 103 cm³/mol. The highest BCUT2D eigenvalue weighted by molar-refractivity contribution is 6.30. The number of rotatable bonds is 3. The topological polar surface area (TPSA) is 49.4 Å². The zero-order chi connectivity index (χ0) is 21.0. The summed E-state index contributed by atoms with van der Waals surface area (Å²) < 4.78 is 38.8. The van der Waals surface area contributed by atoms with Gasteiger partial charge in [0.1, 0.15) is 0 Å². The van der Waals surface area contributed by atoms with E-state index in [9.17, 15) is 22.8 Å². The maximum atomic E-state index is 12.9. The van der Waals surface area contributed by atoms with Gasteiger partial charge in [-0.25, -0.2) is 0 Å². The van der Waals surface area contributed by atoms with Crippen LogP contribution in [0.4, 0.5) is 18.9 Å². The van der Waals surface area contributed by atoms with Crippen molar-refractivity contribution < 1.29 is 22.8 Å². The molecular weight excluding hydrogens is 405 g/mol. The van der Waals surface area contributed by atoms with E-state index in [-0.39, 0.29) is 36.9 Å². The normalized spacial score (nSPS) is 16.3. The molecule has 1 atom stereocenters. The highest BCUT2D eigenvalue weighted by Gasteiger charge is 2.35. The first-order valence-electron chi connectivity index (χ1n) is 8.74. The molecule has 29 heavy (non-hydrogen) atoms. The summed E-state index contributed by atoms with van der Waals surface area (Å²) in [6.45, 7) is 0.104. The van der Waals surface area contributed by atoms with Crippen LogP contribution in [-0.4, -0.2) is 24.9 Å². The van der Waals surface area contributed by atoms with Gasteiger partial charge >= 0.3 is 6.18 Å². The molecule has 0 spiro atoms. The highest BCUT2D eigenvalue weighted by atomic mass is 35.5. The Hall–Kier alpha value is -2.98. The molecule has 8 heteroatoms. The summed E-state index contributed by atoms with van der Waals surface area (Å²) in [4.78, 5) is 26.0. The van der Waals surface area contributed by atoms with Crippen LogP contribution >= 0.6 is 11.6 Å². The molecule has 1 unspecified atom stereocenters. The minimum Gasteiger partial charge on any atom is -0.345 e. The molecule has 0 aliphatic carbocycles. The molecule has 0 aromatic heterocycles. The zero-order valence-electron chi connectivity index (χ0n) is 15.1. The van der Waals surface area contributed by atoms with Crippen LogP contribution in [0.2, 0.25) is 5.02 Å². The zero-order valence-corrected chi connectivity index (χ0v) is 15.8. The number of halogens is 4. The lowest BCUT2D eigenvalue weighted by Crippen LogP contribution is -2.33. The summed E-state index contributed by atoms with van der Waals surface area (Å²) in [5.74, 6) is 3.87. The Labute approximate surface area is 170 Å². The number of anilines is 1. The van der Waals surface area contributed by atoms with Crippen molar-refractivity contribution in [3.8, 4) is 11.8 Å². The number of nitrogens with one attached hydrogen (secondary N) is 1. The summed E-state index contributed by atoms with van der Waals surface area (Å²) in [6, 6.07) is 11.7. The van der Waals surface area contributed by atoms with E-state index in [0.717, 1.165) is 6.07 Å². The van der Waals surface area contributed by atoms with Gasteiger partial charge in [0.2, 0.25) is 11.8 Å². The Morgan fingerprint density at radius 2 is 1.86 bits per heavy atom. The third-order valence-corrected chi connectivity index (χ3v) is 4.69. The Balaban J connectivity index is 1.58. The van der Waals surface area contributed by atoms with Crippen LogP contribution in [0.1, 0.15) is 17.5 Å². The first kappa shape index (κ1) is 20.7. The quantitative estimate of drug-likeness (QED) is 0.766. The summed E-state index contributed by atoms with van der Waals surface area (Å²) in [5.41, 5.74) is -0.323. The molecule has 0 radical (unpaired) electrons. The number of carbonyl (C=O) groups is 2. The van der Waals surface area contributed by atoms with E-state index < -0.39 is 17.7 Å². The standard InChI is InChI=1S/C21H16ClF3N2O2/c22-16-7-9-17(10-8-16)27-13-15(12-19(27)28)20(29)26-11-3-5-14-4-1-2-6-18(14)21(23,24)25/h1-2,4,6-10,15H,11-13H2,(H,26,29). The van der Waals surface area contributed by atoms with E-state index in [2.05, 4.69) is 17.2 Å². The second kappa shape index (κ2) is 8.58.